The van der Waals surface area contributed by atoms with E-state index in [4.69, 9.17) is 5.10 Å². The Morgan fingerprint density at radius 1 is 1.07 bits per heavy atom. The number of thiazole rings is 1. The van der Waals surface area contributed by atoms with Gasteiger partial charge in [-0.1, -0.05) is 32.9 Å². The molecule has 0 aliphatic heterocycles. The first-order valence-electron chi connectivity index (χ1n) is 9.55. The van der Waals surface area contributed by atoms with Crippen LogP contribution in [0.2, 0.25) is 0 Å². The van der Waals surface area contributed by atoms with Crippen molar-refractivity contribution in [3.63, 3.8) is 0 Å². The van der Waals surface area contributed by atoms with Gasteiger partial charge in [0.15, 0.2) is 5.82 Å². The lowest BCUT2D eigenvalue weighted by atomic mass is 9.92. The molecule has 0 aliphatic carbocycles. The minimum atomic E-state index is -0.232. The van der Waals surface area contributed by atoms with Gasteiger partial charge in [0.05, 0.1) is 17.1 Å². The van der Waals surface area contributed by atoms with Crippen LogP contribution in [0.3, 0.4) is 0 Å². The third kappa shape index (κ3) is 3.99. The molecule has 0 saturated heterocycles. The minimum absolute atomic E-state index is 0.175. The summed E-state index contributed by atoms with van der Waals surface area (Å²) in [6.07, 6.45) is 3.41. The highest BCUT2D eigenvalue weighted by Gasteiger charge is 2.23. The van der Waals surface area contributed by atoms with Crippen LogP contribution in [0.1, 0.15) is 41.8 Å². The lowest BCUT2D eigenvalue weighted by Crippen LogP contribution is -2.15. The first-order chi connectivity index (χ1) is 14.3. The van der Waals surface area contributed by atoms with Crippen molar-refractivity contribution in [2.75, 3.05) is 5.32 Å². The van der Waals surface area contributed by atoms with E-state index in [9.17, 15) is 4.79 Å². The van der Waals surface area contributed by atoms with Crippen molar-refractivity contribution in [1.82, 2.24) is 24.7 Å². The van der Waals surface area contributed by atoms with Gasteiger partial charge >= 0.3 is 0 Å². The maximum absolute atomic E-state index is 13.1. The summed E-state index contributed by atoms with van der Waals surface area (Å²) in [5, 5.41) is 8.40. The highest BCUT2D eigenvalue weighted by molar-refractivity contribution is 7.17. The van der Waals surface area contributed by atoms with E-state index in [1.54, 1.807) is 17.1 Å². The van der Waals surface area contributed by atoms with Crippen LogP contribution in [0.25, 0.3) is 16.5 Å². The zero-order valence-corrected chi connectivity index (χ0v) is 18.1. The summed E-state index contributed by atoms with van der Waals surface area (Å²) < 4.78 is 1.66. The van der Waals surface area contributed by atoms with Gasteiger partial charge in [-0.15, -0.1) is 11.3 Å². The van der Waals surface area contributed by atoms with Gasteiger partial charge in [0.2, 0.25) is 0 Å². The fourth-order valence-electron chi connectivity index (χ4n) is 2.87. The number of nitrogens with zero attached hydrogens (tertiary/aromatic N) is 5. The Labute approximate surface area is 178 Å². The predicted molar refractivity (Wildman–Crippen MR) is 118 cm³/mol. The van der Waals surface area contributed by atoms with Crippen LogP contribution in [-0.2, 0) is 5.41 Å². The molecule has 4 rings (SSSR count). The Hall–Kier alpha value is -3.39. The Morgan fingerprint density at radius 3 is 2.43 bits per heavy atom. The van der Waals surface area contributed by atoms with Crippen LogP contribution in [0.5, 0.6) is 0 Å². The number of amides is 1. The van der Waals surface area contributed by atoms with E-state index in [2.05, 4.69) is 41.0 Å². The summed E-state index contributed by atoms with van der Waals surface area (Å²) in [5.74, 6) is 0.971. The third-order valence-electron chi connectivity index (χ3n) is 4.47. The van der Waals surface area contributed by atoms with Crippen LogP contribution in [0.15, 0.2) is 54.9 Å². The zero-order valence-electron chi connectivity index (χ0n) is 17.2. The second-order valence-electron chi connectivity index (χ2n) is 7.87. The summed E-state index contributed by atoms with van der Waals surface area (Å²) in [7, 11) is 0. The highest BCUT2D eigenvalue weighted by Crippen LogP contribution is 2.29. The molecular weight excluding hydrogens is 396 g/mol. The normalized spacial score (nSPS) is 11.5. The van der Waals surface area contributed by atoms with Crippen LogP contribution in [-0.4, -0.2) is 30.6 Å². The molecule has 1 N–H and O–H groups in total. The van der Waals surface area contributed by atoms with Gasteiger partial charge in [-0.05, 0) is 31.2 Å². The minimum Gasteiger partial charge on any atom is -0.306 e. The molecule has 0 bridgehead atoms. The summed E-state index contributed by atoms with van der Waals surface area (Å²) in [5.41, 5.74) is 2.10. The number of hydrogen-bond acceptors (Lipinski definition) is 6. The molecule has 0 atom stereocenters. The molecule has 8 heteroatoms. The highest BCUT2D eigenvalue weighted by atomic mass is 32.1. The molecule has 152 valence electrons. The summed E-state index contributed by atoms with van der Waals surface area (Å²) in [6, 6.07) is 13.1. The van der Waals surface area contributed by atoms with E-state index in [-0.39, 0.29) is 11.3 Å². The van der Waals surface area contributed by atoms with E-state index in [0.29, 0.717) is 27.2 Å². The Bertz CT molecular complexity index is 1180. The van der Waals surface area contributed by atoms with Gasteiger partial charge in [-0.25, -0.2) is 9.97 Å². The summed E-state index contributed by atoms with van der Waals surface area (Å²) in [4.78, 5) is 26.9. The van der Waals surface area contributed by atoms with E-state index in [0.717, 1.165) is 11.4 Å². The predicted octanol–water partition coefficient (Wildman–Crippen LogP) is 4.64. The van der Waals surface area contributed by atoms with Gasteiger partial charge in [0.1, 0.15) is 15.7 Å². The average molecular weight is 419 g/mol. The molecule has 0 aliphatic rings. The first-order valence-corrected chi connectivity index (χ1v) is 10.4. The van der Waals surface area contributed by atoms with E-state index < -0.39 is 0 Å². The summed E-state index contributed by atoms with van der Waals surface area (Å²) >= 11 is 1.32. The number of anilines is 1. The molecule has 30 heavy (non-hydrogen) atoms. The number of aryl methyl sites for hydroxylation is 1. The number of carbonyl (C=O) groups excluding carboxylic acids is 1. The van der Waals surface area contributed by atoms with Gasteiger partial charge in [-0.2, -0.15) is 9.78 Å². The van der Waals surface area contributed by atoms with Gasteiger partial charge < -0.3 is 5.32 Å². The number of carbonyl (C=O) groups is 1. The molecule has 0 radical (unpaired) electrons. The Kier molecular flexibility index (Phi) is 5.17. The number of aromatic nitrogens is 5. The molecule has 1 amide bonds. The van der Waals surface area contributed by atoms with Crippen LogP contribution in [0, 0.1) is 6.92 Å². The number of rotatable bonds is 4. The van der Waals surface area contributed by atoms with Crippen LogP contribution in [0.4, 0.5) is 5.82 Å². The molecule has 4 aromatic heterocycles. The topological polar surface area (TPSA) is 85.6 Å². The number of hydrogen-bond donors (Lipinski definition) is 1. The van der Waals surface area contributed by atoms with Crippen molar-refractivity contribution >= 4 is 23.1 Å². The van der Waals surface area contributed by atoms with E-state index in [1.165, 1.54) is 11.3 Å². The lowest BCUT2D eigenvalue weighted by molar-refractivity contribution is 0.102. The molecule has 4 aromatic rings. The Morgan fingerprint density at radius 2 is 1.80 bits per heavy atom. The lowest BCUT2D eigenvalue weighted by Gasteiger charge is -2.13. The van der Waals surface area contributed by atoms with Gasteiger partial charge in [0.25, 0.3) is 5.91 Å². The molecule has 7 nitrogen and oxygen atoms in total. The molecule has 0 unspecified atom stereocenters. The maximum Gasteiger partial charge on any atom is 0.268 e. The molecule has 0 spiro atoms. The van der Waals surface area contributed by atoms with Crippen molar-refractivity contribution < 1.29 is 4.79 Å². The third-order valence-corrected chi connectivity index (χ3v) is 5.65. The monoisotopic (exact) mass is 418 g/mol. The van der Waals surface area contributed by atoms with Crippen LogP contribution >= 0.6 is 11.3 Å². The molecule has 0 aromatic carbocycles. The van der Waals surface area contributed by atoms with Gasteiger partial charge in [0, 0.05) is 23.9 Å². The second-order valence-corrected chi connectivity index (χ2v) is 8.87. The van der Waals surface area contributed by atoms with Crippen molar-refractivity contribution in [2.45, 2.75) is 33.1 Å². The second kappa shape index (κ2) is 7.79. The Balaban J connectivity index is 1.68. The fourth-order valence-corrected chi connectivity index (χ4v) is 3.81. The zero-order chi connectivity index (χ0) is 21.3. The summed E-state index contributed by atoms with van der Waals surface area (Å²) in [6.45, 7) is 8.07. The smallest absolute Gasteiger partial charge is 0.268 e. The molecule has 0 saturated carbocycles. The molecule has 4 heterocycles. The quantitative estimate of drug-likeness (QED) is 0.522. The van der Waals surface area contributed by atoms with E-state index in [1.807, 2.05) is 49.4 Å². The SMILES string of the molecule is Cc1nc(-c2ccccn2)sc1C(=O)Nc1cc(C(C)(C)C)nn1-c1ccccn1. The van der Waals surface area contributed by atoms with Gasteiger partial charge in [-0.3, -0.25) is 9.78 Å². The largest absolute Gasteiger partial charge is 0.306 e. The number of pyridine rings is 2. The fraction of sp³-hybridized carbons (Fsp3) is 0.227. The average Bonchev–Trinajstić information content (AvgIpc) is 3.33. The van der Waals surface area contributed by atoms with Crippen molar-refractivity contribution in [2.24, 2.45) is 0 Å². The molecule has 0 fully saturated rings. The first kappa shape index (κ1) is 19.9. The number of nitrogens with one attached hydrogen (secondary N) is 1. The van der Waals surface area contributed by atoms with Crippen molar-refractivity contribution in [1.29, 1.82) is 0 Å². The van der Waals surface area contributed by atoms with E-state index >= 15 is 0 Å². The maximum atomic E-state index is 13.1. The molecular formula is C22H22N6OS. The van der Waals surface area contributed by atoms with Crippen molar-refractivity contribution in [3.8, 4) is 16.5 Å². The standard InChI is InChI=1S/C22H22N6OS/c1-14-19(30-21(25-14)15-9-5-7-11-23-15)20(29)26-18-13-16(22(2,3)4)27-28(18)17-10-6-8-12-24-17/h5-13H,1-4H3,(H,26,29). The van der Waals surface area contributed by atoms with Crippen LogP contribution < -0.4 is 5.32 Å². The van der Waals surface area contributed by atoms with Crippen molar-refractivity contribution in [3.05, 3.63) is 71.1 Å².